The van der Waals surface area contributed by atoms with Gasteiger partial charge in [-0.3, -0.25) is 0 Å². The van der Waals surface area contributed by atoms with Crippen molar-refractivity contribution in [3.05, 3.63) is 0 Å². The van der Waals surface area contributed by atoms with Crippen LogP contribution in [0.1, 0.15) is 0 Å². The number of carbonyl (C=O) groups is 1. The van der Waals surface area contributed by atoms with E-state index >= 15 is 0 Å². The molecule has 0 aliphatic carbocycles. The SMILES string of the molecule is O=C(O)O.[LiH].[O]=[Co]. The van der Waals surface area contributed by atoms with Gasteiger partial charge in [-0.25, -0.2) is 4.79 Å². The van der Waals surface area contributed by atoms with E-state index in [2.05, 4.69) is 15.7 Å². The van der Waals surface area contributed by atoms with Gasteiger partial charge < -0.3 is 10.2 Å². The predicted octanol–water partition coefficient (Wildman–Crippen LogP) is -0.547. The van der Waals surface area contributed by atoms with Crippen LogP contribution in [0.15, 0.2) is 0 Å². The van der Waals surface area contributed by atoms with E-state index in [1.807, 2.05) is 0 Å². The molecule has 0 aromatic heterocycles. The fraction of sp³-hybridized carbons (Fsp3) is 0. The normalized spacial score (nSPS) is 4.14. The molecule has 0 atom stereocenters. The molecule has 0 bridgehead atoms. The number of hydrogen-bond acceptors (Lipinski definition) is 2. The molecule has 0 aliphatic heterocycles. The second kappa shape index (κ2) is 16.4. The van der Waals surface area contributed by atoms with Gasteiger partial charge in [-0.1, -0.05) is 0 Å². The first-order valence-electron chi connectivity index (χ1n) is 0.787. The molecule has 0 radical (unpaired) electrons. The van der Waals surface area contributed by atoms with Gasteiger partial charge in [-0.15, -0.1) is 0 Å². The van der Waals surface area contributed by atoms with Crippen molar-refractivity contribution in [2.45, 2.75) is 0 Å². The quantitative estimate of drug-likeness (QED) is 0.448. The molecule has 0 aliphatic rings. The van der Waals surface area contributed by atoms with Gasteiger partial charge in [0.2, 0.25) is 0 Å². The Kier molecular flexibility index (Phi) is 36.8. The Hall–Kier alpha value is 0.174. The molecule has 2 N–H and O–H groups in total. The van der Waals surface area contributed by atoms with Crippen LogP contribution in [0.4, 0.5) is 4.79 Å². The summed E-state index contributed by atoms with van der Waals surface area (Å²) >= 11 is 2.31. The second-order valence-electron chi connectivity index (χ2n) is 0.283. The van der Waals surface area contributed by atoms with E-state index in [0.717, 1.165) is 0 Å². The Morgan fingerprint density at radius 1 is 1.29 bits per heavy atom. The first kappa shape index (κ1) is 15.7. The maximum atomic E-state index is 8.56. The van der Waals surface area contributed by atoms with Crippen LogP contribution in [0.25, 0.3) is 0 Å². The van der Waals surface area contributed by atoms with Crippen molar-refractivity contribution in [1.29, 1.82) is 0 Å². The molecule has 0 amide bonds. The molecule has 4 nitrogen and oxygen atoms in total. The summed E-state index contributed by atoms with van der Waals surface area (Å²) in [5.74, 6) is 0. The van der Waals surface area contributed by atoms with Crippen molar-refractivity contribution in [2.75, 3.05) is 0 Å². The third kappa shape index (κ3) is 3560. The van der Waals surface area contributed by atoms with E-state index in [4.69, 9.17) is 18.9 Å². The van der Waals surface area contributed by atoms with Gasteiger partial charge in [-0.2, -0.15) is 0 Å². The molecule has 41 valence electrons. The zero-order chi connectivity index (χ0) is 5.58. The van der Waals surface area contributed by atoms with Crippen LogP contribution in [0, 0.1) is 0 Å². The Balaban J connectivity index is -0.0000000480. The van der Waals surface area contributed by atoms with Gasteiger partial charge in [0.05, 0.1) is 0 Å². The van der Waals surface area contributed by atoms with Crippen molar-refractivity contribution < 1.29 is 34.5 Å². The van der Waals surface area contributed by atoms with Crippen molar-refractivity contribution >= 4 is 25.0 Å². The first-order chi connectivity index (χ1) is 2.73. The Morgan fingerprint density at radius 3 is 1.29 bits per heavy atom. The van der Waals surface area contributed by atoms with Crippen molar-refractivity contribution in [1.82, 2.24) is 0 Å². The van der Waals surface area contributed by atoms with E-state index in [9.17, 15) is 0 Å². The molecule has 0 unspecified atom stereocenters. The molecule has 7 heavy (non-hydrogen) atoms. The Bertz CT molecular complexity index is 43.0. The molecule has 0 heterocycles. The molecule has 6 heteroatoms. The number of hydrogen-bond donors (Lipinski definition) is 2. The molecule has 0 saturated heterocycles. The van der Waals surface area contributed by atoms with Crippen LogP contribution < -0.4 is 0 Å². The summed E-state index contributed by atoms with van der Waals surface area (Å²) in [7, 11) is 0. The van der Waals surface area contributed by atoms with Gasteiger partial charge in [-0.05, 0) is 0 Å². The van der Waals surface area contributed by atoms with Crippen LogP contribution in [0.3, 0.4) is 0 Å². The average molecular weight is 145 g/mol. The topological polar surface area (TPSA) is 74.6 Å². The zero-order valence-electron chi connectivity index (χ0n) is 2.54. The summed E-state index contributed by atoms with van der Waals surface area (Å²) in [4.78, 5) is 8.56. The third-order valence-corrected chi connectivity index (χ3v) is 0. The predicted molar refractivity (Wildman–Crippen MR) is 18.5 cm³/mol. The fourth-order valence-corrected chi connectivity index (χ4v) is 0. The fourth-order valence-electron chi connectivity index (χ4n) is 0. The first-order valence-corrected chi connectivity index (χ1v) is 1.21. The van der Waals surface area contributed by atoms with Gasteiger partial charge in [0.15, 0.2) is 0 Å². The van der Waals surface area contributed by atoms with Gasteiger partial charge in [0.1, 0.15) is 0 Å². The minimum atomic E-state index is -1.83. The summed E-state index contributed by atoms with van der Waals surface area (Å²) in [6, 6.07) is 0. The molecule has 0 rings (SSSR count). The van der Waals surface area contributed by atoms with Crippen LogP contribution >= 0.6 is 0 Å². The van der Waals surface area contributed by atoms with Crippen molar-refractivity contribution in [3.8, 4) is 0 Å². The van der Waals surface area contributed by atoms with E-state index < -0.39 is 6.16 Å². The molecular weight excluding hydrogens is 142 g/mol. The Morgan fingerprint density at radius 2 is 1.29 bits per heavy atom. The minimum absolute atomic E-state index is 0. The molecular formula is CH3CoLiO4. The van der Waals surface area contributed by atoms with E-state index in [0.29, 0.717) is 0 Å². The average Bonchev–Trinajstić information content (AvgIpc) is 1.41. The van der Waals surface area contributed by atoms with Crippen LogP contribution in [-0.4, -0.2) is 35.2 Å². The number of carboxylic acid groups (broad SMARTS) is 2. The second-order valence-corrected chi connectivity index (χ2v) is 0.283. The van der Waals surface area contributed by atoms with Gasteiger partial charge >= 0.3 is 44.5 Å². The summed E-state index contributed by atoms with van der Waals surface area (Å²) in [5.41, 5.74) is 0. The molecule has 0 fully saturated rings. The third-order valence-electron chi connectivity index (χ3n) is 0. The summed E-state index contributed by atoms with van der Waals surface area (Å²) in [6.45, 7) is 0. The zero-order valence-corrected chi connectivity index (χ0v) is 3.59. The van der Waals surface area contributed by atoms with Crippen molar-refractivity contribution in [3.63, 3.8) is 0 Å². The summed E-state index contributed by atoms with van der Waals surface area (Å²) in [6.07, 6.45) is -1.83. The molecule has 0 saturated carbocycles. The summed E-state index contributed by atoms with van der Waals surface area (Å²) < 4.78 is 7.94. The van der Waals surface area contributed by atoms with Crippen LogP contribution in [0.5, 0.6) is 0 Å². The maximum absolute atomic E-state index is 8.56. The van der Waals surface area contributed by atoms with Crippen LogP contribution in [0.2, 0.25) is 0 Å². The molecule has 0 spiro atoms. The van der Waals surface area contributed by atoms with E-state index in [1.165, 1.54) is 0 Å². The molecule has 0 aromatic carbocycles. The van der Waals surface area contributed by atoms with Crippen LogP contribution in [-0.2, 0) is 19.5 Å². The summed E-state index contributed by atoms with van der Waals surface area (Å²) in [5, 5.41) is 13.9. The number of rotatable bonds is 0. The standard InChI is InChI=1S/CH2O3.Co.Li.O.H/c2-1(3)4;;;;/h(H2,2,3,4);;;;. The monoisotopic (exact) mass is 145 g/mol. The van der Waals surface area contributed by atoms with Gasteiger partial charge in [0.25, 0.3) is 0 Å². The van der Waals surface area contributed by atoms with E-state index in [1.54, 1.807) is 0 Å². The Labute approximate surface area is 59.9 Å². The van der Waals surface area contributed by atoms with Crippen molar-refractivity contribution in [2.24, 2.45) is 0 Å². The van der Waals surface area contributed by atoms with E-state index in [-0.39, 0.29) is 18.9 Å². The van der Waals surface area contributed by atoms with Gasteiger partial charge in [0, 0.05) is 0 Å². The molecule has 0 aromatic rings.